The van der Waals surface area contributed by atoms with E-state index >= 15 is 0 Å². The van der Waals surface area contributed by atoms with Crippen LogP contribution in [0.25, 0.3) is 0 Å². The number of phenolic OH excluding ortho intramolecular Hbond substituents is 1. The zero-order chi connectivity index (χ0) is 17.4. The first kappa shape index (κ1) is 21.2. The fourth-order valence-corrected chi connectivity index (χ4v) is 2.48. The van der Waals surface area contributed by atoms with Crippen LogP contribution in [0.1, 0.15) is 17.5 Å². The van der Waals surface area contributed by atoms with E-state index < -0.39 is 0 Å². The zero-order valence-electron chi connectivity index (χ0n) is 14.6. The minimum atomic E-state index is -0.224. The van der Waals surface area contributed by atoms with Gasteiger partial charge in [0.2, 0.25) is 0 Å². The molecular formula is C19H25FIN3O. The Morgan fingerprint density at radius 3 is 2.28 bits per heavy atom. The second-order valence-electron chi connectivity index (χ2n) is 5.73. The molecule has 2 rings (SSSR count). The van der Waals surface area contributed by atoms with E-state index in [0.717, 1.165) is 30.9 Å². The van der Waals surface area contributed by atoms with Crippen LogP contribution in [-0.2, 0) is 13.0 Å². The number of rotatable bonds is 6. The number of benzene rings is 2. The number of phenols is 1. The van der Waals surface area contributed by atoms with Crippen molar-refractivity contribution in [2.45, 2.75) is 19.4 Å². The Labute approximate surface area is 165 Å². The molecule has 0 aliphatic rings. The summed E-state index contributed by atoms with van der Waals surface area (Å²) in [6.45, 7) is 1.47. The van der Waals surface area contributed by atoms with E-state index in [1.54, 1.807) is 31.3 Å². The quantitative estimate of drug-likeness (QED) is 0.301. The summed E-state index contributed by atoms with van der Waals surface area (Å²) >= 11 is 0. The lowest BCUT2D eigenvalue weighted by atomic mass is 10.1. The van der Waals surface area contributed by atoms with Gasteiger partial charge in [0.25, 0.3) is 0 Å². The lowest BCUT2D eigenvalue weighted by Gasteiger charge is -2.22. The molecule has 2 N–H and O–H groups in total. The van der Waals surface area contributed by atoms with Crippen LogP contribution in [0.15, 0.2) is 53.5 Å². The van der Waals surface area contributed by atoms with Gasteiger partial charge in [0.1, 0.15) is 11.6 Å². The van der Waals surface area contributed by atoms with Gasteiger partial charge in [-0.15, -0.1) is 24.0 Å². The average Bonchev–Trinajstić information content (AvgIpc) is 2.58. The second-order valence-corrected chi connectivity index (χ2v) is 5.73. The van der Waals surface area contributed by atoms with Crippen molar-refractivity contribution in [3.63, 3.8) is 0 Å². The first-order valence-corrected chi connectivity index (χ1v) is 8.02. The van der Waals surface area contributed by atoms with Crippen LogP contribution in [0.5, 0.6) is 5.75 Å². The molecule has 0 bridgehead atoms. The molecule has 0 aliphatic heterocycles. The molecule has 0 heterocycles. The summed E-state index contributed by atoms with van der Waals surface area (Å²) in [4.78, 5) is 6.29. The smallest absolute Gasteiger partial charge is 0.193 e. The predicted octanol–water partition coefficient (Wildman–Crippen LogP) is 3.79. The van der Waals surface area contributed by atoms with Gasteiger partial charge in [-0.2, -0.15) is 0 Å². The molecular weight excluding hydrogens is 432 g/mol. The van der Waals surface area contributed by atoms with E-state index in [4.69, 9.17) is 0 Å². The Morgan fingerprint density at radius 1 is 1.08 bits per heavy atom. The zero-order valence-corrected chi connectivity index (χ0v) is 16.9. The Balaban J connectivity index is 0.00000312. The highest BCUT2D eigenvalue weighted by atomic mass is 127. The number of hydrogen-bond donors (Lipinski definition) is 2. The maximum Gasteiger partial charge on any atom is 0.193 e. The summed E-state index contributed by atoms with van der Waals surface area (Å²) in [5.41, 5.74) is 2.23. The number of aliphatic imine (C=N–C) groups is 1. The standard InChI is InChI=1S/C19H24FN3O.HI/c1-21-19(23(2)14-16-5-9-17(20)10-6-16)22-13-3-4-15-7-11-18(24)12-8-15;/h5-12,24H,3-4,13-14H2,1-2H3,(H,21,22);1H. The highest BCUT2D eigenvalue weighted by Crippen LogP contribution is 2.11. The summed E-state index contributed by atoms with van der Waals surface area (Å²) in [6, 6.07) is 13.8. The molecule has 0 aliphatic carbocycles. The van der Waals surface area contributed by atoms with Crippen LogP contribution in [0, 0.1) is 5.82 Å². The van der Waals surface area contributed by atoms with Crippen LogP contribution < -0.4 is 5.32 Å². The Morgan fingerprint density at radius 2 is 1.68 bits per heavy atom. The number of halogens is 2. The number of guanidine groups is 1. The van der Waals surface area contributed by atoms with Gasteiger partial charge in [-0.25, -0.2) is 4.39 Å². The molecule has 0 amide bonds. The Bertz CT molecular complexity index is 659. The lowest BCUT2D eigenvalue weighted by molar-refractivity contribution is 0.474. The van der Waals surface area contributed by atoms with Crippen molar-refractivity contribution in [1.29, 1.82) is 0 Å². The van der Waals surface area contributed by atoms with E-state index in [9.17, 15) is 9.50 Å². The van der Waals surface area contributed by atoms with E-state index in [2.05, 4.69) is 10.3 Å². The summed E-state index contributed by atoms with van der Waals surface area (Å²) in [5, 5.41) is 12.6. The summed E-state index contributed by atoms with van der Waals surface area (Å²) in [7, 11) is 3.71. The normalized spacial score (nSPS) is 10.9. The molecule has 0 atom stereocenters. The molecule has 2 aromatic carbocycles. The molecule has 136 valence electrons. The predicted molar refractivity (Wildman–Crippen MR) is 111 cm³/mol. The number of aromatic hydroxyl groups is 1. The fraction of sp³-hybridized carbons (Fsp3) is 0.316. The monoisotopic (exact) mass is 457 g/mol. The van der Waals surface area contributed by atoms with Gasteiger partial charge in [-0.1, -0.05) is 24.3 Å². The minimum absolute atomic E-state index is 0. The number of nitrogens with one attached hydrogen (secondary N) is 1. The minimum Gasteiger partial charge on any atom is -0.508 e. The van der Waals surface area contributed by atoms with Gasteiger partial charge in [-0.05, 0) is 48.2 Å². The lowest BCUT2D eigenvalue weighted by Crippen LogP contribution is -2.39. The van der Waals surface area contributed by atoms with E-state index in [1.165, 1.54) is 17.7 Å². The first-order chi connectivity index (χ1) is 11.6. The largest absolute Gasteiger partial charge is 0.508 e. The van der Waals surface area contributed by atoms with Crippen molar-refractivity contribution in [3.05, 3.63) is 65.5 Å². The molecule has 4 nitrogen and oxygen atoms in total. The summed E-state index contributed by atoms with van der Waals surface area (Å²) in [6.07, 6.45) is 1.90. The van der Waals surface area contributed by atoms with Crippen LogP contribution in [-0.4, -0.2) is 36.6 Å². The van der Waals surface area contributed by atoms with Crippen molar-refractivity contribution in [1.82, 2.24) is 10.2 Å². The SMILES string of the molecule is CN=C(NCCCc1ccc(O)cc1)N(C)Cc1ccc(F)cc1.I. The van der Waals surface area contributed by atoms with Gasteiger partial charge in [0.05, 0.1) is 0 Å². The molecule has 0 fully saturated rings. The molecule has 0 saturated carbocycles. The van der Waals surface area contributed by atoms with Gasteiger partial charge >= 0.3 is 0 Å². The average molecular weight is 457 g/mol. The van der Waals surface area contributed by atoms with Gasteiger partial charge in [-0.3, -0.25) is 4.99 Å². The molecule has 0 saturated heterocycles. The Kier molecular flexibility index (Phi) is 9.26. The summed E-state index contributed by atoms with van der Waals surface area (Å²) in [5.74, 6) is 0.878. The first-order valence-electron chi connectivity index (χ1n) is 8.02. The second kappa shape index (κ2) is 10.9. The third-order valence-corrected chi connectivity index (χ3v) is 3.77. The molecule has 25 heavy (non-hydrogen) atoms. The van der Waals surface area contributed by atoms with E-state index in [1.807, 2.05) is 24.1 Å². The molecule has 0 spiro atoms. The van der Waals surface area contributed by atoms with Gasteiger partial charge in [0.15, 0.2) is 5.96 Å². The van der Waals surface area contributed by atoms with Crippen LogP contribution >= 0.6 is 24.0 Å². The van der Waals surface area contributed by atoms with Gasteiger partial charge in [0, 0.05) is 27.2 Å². The van der Waals surface area contributed by atoms with Gasteiger partial charge < -0.3 is 15.3 Å². The van der Waals surface area contributed by atoms with Crippen molar-refractivity contribution >= 4 is 29.9 Å². The highest BCUT2D eigenvalue weighted by molar-refractivity contribution is 14.0. The molecule has 2 aromatic rings. The molecule has 6 heteroatoms. The maximum absolute atomic E-state index is 13.0. The number of aryl methyl sites for hydroxylation is 1. The maximum atomic E-state index is 13.0. The third kappa shape index (κ3) is 7.29. The van der Waals surface area contributed by atoms with Crippen molar-refractivity contribution in [2.75, 3.05) is 20.6 Å². The fourth-order valence-electron chi connectivity index (χ4n) is 2.48. The van der Waals surface area contributed by atoms with Crippen molar-refractivity contribution < 1.29 is 9.50 Å². The van der Waals surface area contributed by atoms with Crippen LogP contribution in [0.4, 0.5) is 4.39 Å². The van der Waals surface area contributed by atoms with Crippen molar-refractivity contribution in [3.8, 4) is 5.75 Å². The summed E-state index contributed by atoms with van der Waals surface area (Å²) < 4.78 is 13.0. The molecule has 0 aromatic heterocycles. The molecule has 0 radical (unpaired) electrons. The van der Waals surface area contributed by atoms with Crippen LogP contribution in [0.3, 0.4) is 0 Å². The number of hydrogen-bond acceptors (Lipinski definition) is 2. The molecule has 0 unspecified atom stereocenters. The van der Waals surface area contributed by atoms with Crippen LogP contribution in [0.2, 0.25) is 0 Å². The third-order valence-electron chi connectivity index (χ3n) is 3.77. The van der Waals surface area contributed by atoms with E-state index in [-0.39, 0.29) is 29.8 Å². The Hall–Kier alpha value is -1.83. The van der Waals surface area contributed by atoms with Crippen molar-refractivity contribution in [2.24, 2.45) is 4.99 Å². The highest BCUT2D eigenvalue weighted by Gasteiger charge is 2.06. The topological polar surface area (TPSA) is 47.9 Å². The number of nitrogens with zero attached hydrogens (tertiary/aromatic N) is 2. The van der Waals surface area contributed by atoms with E-state index in [0.29, 0.717) is 12.3 Å².